The van der Waals surface area contributed by atoms with Gasteiger partial charge in [0.1, 0.15) is 0 Å². The lowest BCUT2D eigenvalue weighted by Crippen LogP contribution is -2.18. The Balaban J connectivity index is 1.49. The van der Waals surface area contributed by atoms with Gasteiger partial charge in [-0.1, -0.05) is 23.7 Å². The van der Waals surface area contributed by atoms with E-state index in [1.807, 2.05) is 23.6 Å². The van der Waals surface area contributed by atoms with Crippen LogP contribution in [0.25, 0.3) is 0 Å². The van der Waals surface area contributed by atoms with Crippen molar-refractivity contribution in [1.82, 2.24) is 0 Å². The summed E-state index contributed by atoms with van der Waals surface area (Å²) in [5.41, 5.74) is 2.67. The molecule has 0 radical (unpaired) electrons. The van der Waals surface area contributed by atoms with Crippen LogP contribution in [0.1, 0.15) is 32.9 Å². The number of hydrogen-bond acceptors (Lipinski definition) is 4. The van der Waals surface area contributed by atoms with Crippen molar-refractivity contribution in [2.75, 3.05) is 28.6 Å². The quantitative estimate of drug-likeness (QED) is 0.566. The number of anilines is 3. The fourth-order valence-electron chi connectivity index (χ4n) is 3.31. The summed E-state index contributed by atoms with van der Waals surface area (Å²) < 4.78 is 0. The minimum Gasteiger partial charge on any atom is -0.371 e. The lowest BCUT2D eigenvalue weighted by molar-refractivity contribution is 0.101. The maximum Gasteiger partial charge on any atom is 0.265 e. The maximum atomic E-state index is 12.7. The Morgan fingerprint density at radius 3 is 2.52 bits per heavy atom. The number of rotatable bonds is 5. The predicted molar refractivity (Wildman–Crippen MR) is 120 cm³/mol. The topological polar surface area (TPSA) is 61.4 Å². The molecule has 2 amide bonds. The molecule has 148 valence electrons. The number of carbonyl (C=O) groups is 2. The fraction of sp³-hybridized carbons (Fsp3) is 0.182. The van der Waals surface area contributed by atoms with Crippen molar-refractivity contribution in [3.05, 3.63) is 75.4 Å². The largest absolute Gasteiger partial charge is 0.371 e. The van der Waals surface area contributed by atoms with Gasteiger partial charge in [-0.15, -0.1) is 11.3 Å². The third-order valence-corrected chi connectivity index (χ3v) is 6.00. The Morgan fingerprint density at radius 2 is 1.76 bits per heavy atom. The molecule has 3 aromatic rings. The molecule has 1 aromatic heterocycles. The second-order valence-corrected chi connectivity index (χ2v) is 8.18. The van der Waals surface area contributed by atoms with Crippen molar-refractivity contribution in [3.8, 4) is 0 Å². The lowest BCUT2D eigenvalue weighted by atomic mass is 10.1. The minimum atomic E-state index is -0.258. The Labute approximate surface area is 178 Å². The Morgan fingerprint density at radius 1 is 0.931 bits per heavy atom. The van der Waals surface area contributed by atoms with E-state index in [1.165, 1.54) is 24.2 Å². The zero-order valence-electron chi connectivity index (χ0n) is 15.7. The van der Waals surface area contributed by atoms with Gasteiger partial charge in [-0.2, -0.15) is 0 Å². The van der Waals surface area contributed by atoms with Crippen LogP contribution in [-0.4, -0.2) is 24.9 Å². The first-order valence-corrected chi connectivity index (χ1v) is 10.7. The van der Waals surface area contributed by atoms with E-state index in [9.17, 15) is 9.59 Å². The minimum absolute atomic E-state index is 0.252. The van der Waals surface area contributed by atoms with E-state index in [1.54, 1.807) is 30.3 Å². The molecular weight excluding hydrogens is 406 g/mol. The van der Waals surface area contributed by atoms with Crippen molar-refractivity contribution in [3.63, 3.8) is 0 Å². The average Bonchev–Trinajstić information content (AvgIpc) is 3.44. The van der Waals surface area contributed by atoms with Crippen LogP contribution in [-0.2, 0) is 0 Å². The van der Waals surface area contributed by atoms with Gasteiger partial charge in [-0.3, -0.25) is 9.59 Å². The molecule has 1 fully saturated rings. The summed E-state index contributed by atoms with van der Waals surface area (Å²) in [6.07, 6.45) is 2.39. The molecule has 2 heterocycles. The standard InChI is InChI=1S/C22H20ClN3O2S/c23-18-9-8-15(13-19(18)25-22(28)20-7-4-12-29-20)21(27)24-16-5-3-6-17(14-16)26-10-1-2-11-26/h3-9,12-14H,1-2,10-11H2,(H,24,27)(H,25,28). The SMILES string of the molecule is O=C(Nc1cccc(N2CCCC2)c1)c1ccc(Cl)c(NC(=O)c2cccs2)c1. The van der Waals surface area contributed by atoms with Crippen LogP contribution in [0.5, 0.6) is 0 Å². The van der Waals surface area contributed by atoms with Crippen molar-refractivity contribution in [1.29, 1.82) is 0 Å². The second kappa shape index (κ2) is 8.68. The highest BCUT2D eigenvalue weighted by Crippen LogP contribution is 2.26. The normalized spacial score (nSPS) is 13.3. The molecule has 1 aliphatic rings. The summed E-state index contributed by atoms with van der Waals surface area (Å²) in [5, 5.41) is 7.91. The monoisotopic (exact) mass is 425 g/mol. The molecule has 0 saturated carbocycles. The highest BCUT2D eigenvalue weighted by molar-refractivity contribution is 7.12. The number of hydrogen-bond donors (Lipinski definition) is 2. The Kier molecular flexibility index (Phi) is 5.83. The zero-order valence-corrected chi connectivity index (χ0v) is 17.2. The molecule has 29 heavy (non-hydrogen) atoms. The van der Waals surface area contributed by atoms with Crippen molar-refractivity contribution in [2.45, 2.75) is 12.8 Å². The molecule has 2 N–H and O–H groups in total. The highest BCUT2D eigenvalue weighted by atomic mass is 35.5. The summed E-state index contributed by atoms with van der Waals surface area (Å²) in [4.78, 5) is 27.9. The average molecular weight is 426 g/mol. The van der Waals surface area contributed by atoms with Gasteiger partial charge < -0.3 is 15.5 Å². The number of amides is 2. The zero-order chi connectivity index (χ0) is 20.2. The van der Waals surface area contributed by atoms with Crippen LogP contribution in [0.4, 0.5) is 17.1 Å². The van der Waals surface area contributed by atoms with E-state index >= 15 is 0 Å². The molecule has 2 aromatic carbocycles. The Hall–Kier alpha value is -2.83. The third-order valence-electron chi connectivity index (χ3n) is 4.80. The third kappa shape index (κ3) is 4.60. The molecular formula is C22H20ClN3O2S. The molecule has 0 unspecified atom stereocenters. The first kappa shape index (κ1) is 19.5. The highest BCUT2D eigenvalue weighted by Gasteiger charge is 2.15. The summed E-state index contributed by atoms with van der Waals surface area (Å²) in [5.74, 6) is -0.510. The van der Waals surface area contributed by atoms with Crippen molar-refractivity contribution in [2.24, 2.45) is 0 Å². The summed E-state index contributed by atoms with van der Waals surface area (Å²) in [6, 6.07) is 16.2. The van der Waals surface area contributed by atoms with Crippen LogP contribution >= 0.6 is 22.9 Å². The number of thiophene rings is 1. The first-order valence-electron chi connectivity index (χ1n) is 9.41. The van der Waals surface area contributed by atoms with E-state index in [0.717, 1.165) is 24.5 Å². The van der Waals surface area contributed by atoms with E-state index in [-0.39, 0.29) is 11.8 Å². The molecule has 0 bridgehead atoms. The smallest absolute Gasteiger partial charge is 0.265 e. The maximum absolute atomic E-state index is 12.7. The van der Waals surface area contributed by atoms with Crippen LogP contribution in [0.3, 0.4) is 0 Å². The van der Waals surface area contributed by atoms with E-state index in [2.05, 4.69) is 21.6 Å². The van der Waals surface area contributed by atoms with E-state index < -0.39 is 0 Å². The molecule has 0 atom stereocenters. The number of nitrogens with one attached hydrogen (secondary N) is 2. The van der Waals surface area contributed by atoms with Gasteiger partial charge >= 0.3 is 0 Å². The molecule has 0 aliphatic carbocycles. The Bertz CT molecular complexity index is 1030. The molecule has 4 rings (SSSR count). The van der Waals surface area contributed by atoms with Crippen LogP contribution in [0, 0.1) is 0 Å². The molecule has 1 saturated heterocycles. The lowest BCUT2D eigenvalue weighted by Gasteiger charge is -2.18. The van der Waals surface area contributed by atoms with E-state index in [4.69, 9.17) is 11.6 Å². The van der Waals surface area contributed by atoms with Gasteiger partial charge in [-0.05, 0) is 60.7 Å². The fourth-order valence-corrected chi connectivity index (χ4v) is 4.10. The number of benzene rings is 2. The molecule has 0 spiro atoms. The predicted octanol–water partition coefficient (Wildman–Crippen LogP) is 5.51. The van der Waals surface area contributed by atoms with Gasteiger partial charge in [0, 0.05) is 30.0 Å². The second-order valence-electron chi connectivity index (χ2n) is 6.82. The van der Waals surface area contributed by atoms with Gasteiger partial charge in [0.2, 0.25) is 0 Å². The van der Waals surface area contributed by atoms with Gasteiger partial charge in [-0.25, -0.2) is 0 Å². The van der Waals surface area contributed by atoms with Crippen molar-refractivity contribution >= 4 is 51.8 Å². The molecule has 1 aliphatic heterocycles. The first-order chi connectivity index (χ1) is 14.1. The number of nitrogens with zero attached hydrogens (tertiary/aromatic N) is 1. The number of halogens is 1. The summed E-state index contributed by atoms with van der Waals surface area (Å²) in [7, 11) is 0. The summed E-state index contributed by atoms with van der Waals surface area (Å²) in [6.45, 7) is 2.09. The summed E-state index contributed by atoms with van der Waals surface area (Å²) >= 11 is 7.55. The van der Waals surface area contributed by atoms with Gasteiger partial charge in [0.15, 0.2) is 0 Å². The number of carbonyl (C=O) groups excluding carboxylic acids is 2. The molecule has 7 heteroatoms. The van der Waals surface area contributed by atoms with Gasteiger partial charge in [0.25, 0.3) is 11.8 Å². The molecule has 5 nitrogen and oxygen atoms in total. The van der Waals surface area contributed by atoms with Gasteiger partial charge in [0.05, 0.1) is 15.6 Å². The van der Waals surface area contributed by atoms with Crippen LogP contribution in [0.15, 0.2) is 60.0 Å². The van der Waals surface area contributed by atoms with Crippen molar-refractivity contribution < 1.29 is 9.59 Å². The van der Waals surface area contributed by atoms with Crippen LogP contribution in [0.2, 0.25) is 5.02 Å². The van der Waals surface area contributed by atoms with Crippen LogP contribution < -0.4 is 15.5 Å². The van der Waals surface area contributed by atoms with E-state index in [0.29, 0.717) is 21.2 Å².